The number of hydrogen-bond acceptors (Lipinski definition) is 4. The Hall–Kier alpha value is -1.74. The third-order valence-corrected chi connectivity index (χ3v) is 3.36. The third kappa shape index (κ3) is 3.64. The van der Waals surface area contributed by atoms with Crippen molar-refractivity contribution in [3.05, 3.63) is 33.2 Å². The summed E-state index contributed by atoms with van der Waals surface area (Å²) in [6.45, 7) is 3.85. The van der Waals surface area contributed by atoms with Crippen LogP contribution in [0.5, 0.6) is 0 Å². The molecule has 1 aromatic heterocycles. The summed E-state index contributed by atoms with van der Waals surface area (Å²) < 4.78 is 0. The van der Waals surface area contributed by atoms with E-state index in [0.717, 1.165) is 5.56 Å². The molecule has 0 aliphatic carbocycles. The van der Waals surface area contributed by atoms with Crippen molar-refractivity contribution < 1.29 is 4.79 Å². The summed E-state index contributed by atoms with van der Waals surface area (Å²) in [6.07, 6.45) is 0. The first-order chi connectivity index (χ1) is 8.45. The molecule has 1 amide bonds. The molecule has 0 saturated carbocycles. The molecule has 0 atom stereocenters. The van der Waals surface area contributed by atoms with Gasteiger partial charge in [0, 0.05) is 17.5 Å². The molecule has 6 heteroatoms. The number of rotatable bonds is 5. The second kappa shape index (κ2) is 6.26. The molecule has 0 unspecified atom stereocenters. The summed E-state index contributed by atoms with van der Waals surface area (Å²) >= 11 is 1.28. The number of carbonyl (C=O) groups is 1. The summed E-state index contributed by atoms with van der Waals surface area (Å²) in [7, 11) is 0. The average molecular weight is 265 g/mol. The van der Waals surface area contributed by atoms with Gasteiger partial charge in [-0.15, -0.1) is 11.8 Å². The smallest absolute Gasteiger partial charge is 0.248 e. The minimum absolute atomic E-state index is 0.0989. The first-order valence-corrected chi connectivity index (χ1v) is 6.63. The maximum atomic E-state index is 11.5. The standard InChI is InChI=1S/C12H15N3O2S/c1-7(2)8-3-12(17)15-10(9(8)4-13)5-18-6-11(14)16/h3,7H,5-6H2,1-2H3,(H2,14,16)(H,15,17). The van der Waals surface area contributed by atoms with E-state index in [-0.39, 0.29) is 17.2 Å². The van der Waals surface area contributed by atoms with Crippen LogP contribution in [0.15, 0.2) is 10.9 Å². The summed E-state index contributed by atoms with van der Waals surface area (Å²) in [6, 6.07) is 3.56. The van der Waals surface area contributed by atoms with Gasteiger partial charge >= 0.3 is 0 Å². The van der Waals surface area contributed by atoms with Gasteiger partial charge in [0.2, 0.25) is 11.5 Å². The van der Waals surface area contributed by atoms with Gasteiger partial charge in [0.25, 0.3) is 0 Å². The molecule has 0 fully saturated rings. The molecule has 0 aromatic carbocycles. The number of nitrogens with one attached hydrogen (secondary N) is 1. The minimum Gasteiger partial charge on any atom is -0.369 e. The Labute approximate surface area is 109 Å². The molecule has 1 rings (SSSR count). The molecule has 0 aliphatic rings. The number of pyridine rings is 1. The van der Waals surface area contributed by atoms with E-state index in [1.54, 1.807) is 0 Å². The lowest BCUT2D eigenvalue weighted by molar-refractivity contribution is -0.115. The van der Waals surface area contributed by atoms with Crippen molar-refractivity contribution in [3.63, 3.8) is 0 Å². The Kier molecular flexibility index (Phi) is 4.98. The zero-order valence-corrected chi connectivity index (χ0v) is 11.1. The molecule has 3 N–H and O–H groups in total. The van der Waals surface area contributed by atoms with Gasteiger partial charge < -0.3 is 10.7 Å². The summed E-state index contributed by atoms with van der Waals surface area (Å²) in [5, 5.41) is 9.17. The lowest BCUT2D eigenvalue weighted by Crippen LogP contribution is -2.15. The predicted molar refractivity (Wildman–Crippen MR) is 71.2 cm³/mol. The molecule has 1 aromatic rings. The number of nitriles is 1. The number of hydrogen-bond donors (Lipinski definition) is 2. The highest BCUT2D eigenvalue weighted by molar-refractivity contribution is 7.99. The highest BCUT2D eigenvalue weighted by atomic mass is 32.2. The van der Waals surface area contributed by atoms with Crippen LogP contribution in [0.4, 0.5) is 0 Å². The first kappa shape index (κ1) is 14.3. The second-order valence-corrected chi connectivity index (χ2v) is 5.15. The molecular formula is C12H15N3O2S. The van der Waals surface area contributed by atoms with Crippen LogP contribution >= 0.6 is 11.8 Å². The van der Waals surface area contributed by atoms with Crippen LogP contribution < -0.4 is 11.3 Å². The number of amides is 1. The van der Waals surface area contributed by atoms with Crippen LogP contribution in [-0.2, 0) is 10.5 Å². The van der Waals surface area contributed by atoms with Crippen molar-refractivity contribution in [1.29, 1.82) is 5.26 Å². The first-order valence-electron chi connectivity index (χ1n) is 5.48. The van der Waals surface area contributed by atoms with Crippen LogP contribution in [0.3, 0.4) is 0 Å². The largest absolute Gasteiger partial charge is 0.369 e. The second-order valence-electron chi connectivity index (χ2n) is 4.17. The monoisotopic (exact) mass is 265 g/mol. The molecule has 18 heavy (non-hydrogen) atoms. The van der Waals surface area contributed by atoms with E-state index in [0.29, 0.717) is 17.0 Å². The fraction of sp³-hybridized carbons (Fsp3) is 0.417. The molecule has 96 valence electrons. The maximum Gasteiger partial charge on any atom is 0.248 e. The molecule has 0 spiro atoms. The number of H-pyrrole nitrogens is 1. The van der Waals surface area contributed by atoms with E-state index < -0.39 is 5.91 Å². The lowest BCUT2D eigenvalue weighted by atomic mass is 9.98. The van der Waals surface area contributed by atoms with E-state index in [9.17, 15) is 14.9 Å². The van der Waals surface area contributed by atoms with Gasteiger partial charge in [-0.25, -0.2) is 0 Å². The van der Waals surface area contributed by atoms with Gasteiger partial charge in [-0.2, -0.15) is 5.26 Å². The maximum absolute atomic E-state index is 11.5. The van der Waals surface area contributed by atoms with Crippen molar-refractivity contribution in [2.45, 2.75) is 25.5 Å². The van der Waals surface area contributed by atoms with Crippen LogP contribution in [0.1, 0.15) is 36.6 Å². The summed E-state index contributed by atoms with van der Waals surface area (Å²) in [5.74, 6) is 0.239. The average Bonchev–Trinajstić information content (AvgIpc) is 2.27. The number of carbonyl (C=O) groups excluding carboxylic acids is 1. The molecule has 0 radical (unpaired) electrons. The van der Waals surface area contributed by atoms with Crippen molar-refractivity contribution in [2.75, 3.05) is 5.75 Å². The fourth-order valence-electron chi connectivity index (χ4n) is 1.58. The minimum atomic E-state index is -0.416. The number of thioether (sulfide) groups is 1. The van der Waals surface area contributed by atoms with Gasteiger partial charge in [-0.3, -0.25) is 9.59 Å². The van der Waals surface area contributed by atoms with E-state index in [1.165, 1.54) is 17.8 Å². The van der Waals surface area contributed by atoms with Gasteiger partial charge in [0.1, 0.15) is 6.07 Å². The quantitative estimate of drug-likeness (QED) is 0.832. The Morgan fingerprint density at radius 2 is 2.28 bits per heavy atom. The number of aromatic nitrogens is 1. The van der Waals surface area contributed by atoms with Crippen LogP contribution in [-0.4, -0.2) is 16.6 Å². The van der Waals surface area contributed by atoms with Crippen molar-refractivity contribution in [1.82, 2.24) is 4.98 Å². The molecule has 0 aliphatic heterocycles. The molecular weight excluding hydrogens is 250 g/mol. The Morgan fingerprint density at radius 1 is 1.61 bits per heavy atom. The zero-order chi connectivity index (χ0) is 13.7. The molecule has 0 bridgehead atoms. The van der Waals surface area contributed by atoms with E-state index in [4.69, 9.17) is 5.73 Å². The number of aromatic amines is 1. The lowest BCUT2D eigenvalue weighted by Gasteiger charge is -2.11. The normalized spacial score (nSPS) is 10.3. The highest BCUT2D eigenvalue weighted by Gasteiger charge is 2.13. The van der Waals surface area contributed by atoms with Crippen molar-refractivity contribution in [2.24, 2.45) is 5.73 Å². The topological polar surface area (TPSA) is 99.7 Å². The summed E-state index contributed by atoms with van der Waals surface area (Å²) in [5.41, 5.74) is 6.58. The Balaban J connectivity index is 3.07. The van der Waals surface area contributed by atoms with Gasteiger partial charge in [0.15, 0.2) is 0 Å². The number of nitrogens with zero attached hydrogens (tertiary/aromatic N) is 1. The fourth-order valence-corrected chi connectivity index (χ4v) is 2.31. The number of nitrogens with two attached hydrogens (primary N) is 1. The van der Waals surface area contributed by atoms with Crippen LogP contribution in [0.2, 0.25) is 0 Å². The van der Waals surface area contributed by atoms with E-state index in [1.807, 2.05) is 13.8 Å². The van der Waals surface area contributed by atoms with Gasteiger partial charge in [0.05, 0.1) is 11.3 Å². The molecule has 1 heterocycles. The van der Waals surface area contributed by atoms with Crippen LogP contribution in [0, 0.1) is 11.3 Å². The highest BCUT2D eigenvalue weighted by Crippen LogP contribution is 2.21. The van der Waals surface area contributed by atoms with Gasteiger partial charge in [-0.1, -0.05) is 13.8 Å². The van der Waals surface area contributed by atoms with Gasteiger partial charge in [-0.05, 0) is 11.5 Å². The Morgan fingerprint density at radius 3 is 2.78 bits per heavy atom. The Bertz CT molecular complexity index is 543. The van der Waals surface area contributed by atoms with E-state index >= 15 is 0 Å². The molecule has 0 saturated heterocycles. The van der Waals surface area contributed by atoms with E-state index in [2.05, 4.69) is 11.1 Å². The zero-order valence-electron chi connectivity index (χ0n) is 10.3. The van der Waals surface area contributed by atoms with Crippen molar-refractivity contribution in [3.8, 4) is 6.07 Å². The SMILES string of the molecule is CC(C)c1cc(=O)[nH]c(CSCC(N)=O)c1C#N. The predicted octanol–water partition coefficient (Wildman–Crippen LogP) is 1.09. The van der Waals surface area contributed by atoms with Crippen LogP contribution in [0.25, 0.3) is 0 Å². The summed E-state index contributed by atoms with van der Waals surface area (Å²) in [4.78, 5) is 24.8. The number of primary amides is 1. The van der Waals surface area contributed by atoms with Crippen molar-refractivity contribution >= 4 is 17.7 Å². The molecule has 5 nitrogen and oxygen atoms in total. The third-order valence-electron chi connectivity index (χ3n) is 2.38.